The van der Waals surface area contributed by atoms with Crippen LogP contribution >= 0.6 is 0 Å². The summed E-state index contributed by atoms with van der Waals surface area (Å²) in [4.78, 5) is 28.8. The Morgan fingerprint density at radius 3 is 2.52 bits per heavy atom. The van der Waals surface area contributed by atoms with E-state index in [-0.39, 0.29) is 22.8 Å². The van der Waals surface area contributed by atoms with Crippen molar-refractivity contribution in [1.82, 2.24) is 10.3 Å². The van der Waals surface area contributed by atoms with E-state index in [9.17, 15) is 14.7 Å². The highest BCUT2D eigenvalue weighted by molar-refractivity contribution is 5.89. The molecule has 1 aromatic rings. The summed E-state index contributed by atoms with van der Waals surface area (Å²) in [6.07, 6.45) is 5.84. The van der Waals surface area contributed by atoms with Crippen molar-refractivity contribution in [1.29, 1.82) is 0 Å². The average molecular weight is 344 g/mol. The molecule has 1 aliphatic heterocycles. The van der Waals surface area contributed by atoms with Crippen LogP contribution in [0, 0.1) is 11.3 Å². The Hall–Kier alpha value is -1.95. The Morgan fingerprint density at radius 1 is 1.20 bits per heavy atom. The van der Waals surface area contributed by atoms with E-state index in [0.29, 0.717) is 31.4 Å². The fourth-order valence-corrected chi connectivity index (χ4v) is 4.00. The van der Waals surface area contributed by atoms with Crippen LogP contribution in [0.5, 0.6) is 0 Å². The molecule has 6 heteroatoms. The molecule has 1 aromatic heterocycles. The molecule has 2 heterocycles. The average Bonchev–Trinajstić information content (AvgIpc) is 3.51. The van der Waals surface area contributed by atoms with Gasteiger partial charge in [0, 0.05) is 19.1 Å². The van der Waals surface area contributed by atoms with E-state index in [4.69, 9.17) is 4.74 Å². The molecule has 0 unspecified atom stereocenters. The van der Waals surface area contributed by atoms with Gasteiger partial charge in [0.05, 0.1) is 28.9 Å². The lowest BCUT2D eigenvalue weighted by Crippen LogP contribution is -2.46. The molecular formula is C19H24N2O4. The minimum Gasteiger partial charge on any atom is -0.478 e. The number of carboxylic acids is 1. The van der Waals surface area contributed by atoms with E-state index in [1.807, 2.05) is 0 Å². The van der Waals surface area contributed by atoms with Crippen LogP contribution in [0.3, 0.4) is 0 Å². The molecule has 2 aliphatic carbocycles. The Kier molecular flexibility index (Phi) is 4.23. The van der Waals surface area contributed by atoms with Gasteiger partial charge in [-0.2, -0.15) is 0 Å². The molecule has 0 radical (unpaired) electrons. The smallest absolute Gasteiger partial charge is 0.337 e. The van der Waals surface area contributed by atoms with Gasteiger partial charge in [-0.15, -0.1) is 0 Å². The van der Waals surface area contributed by atoms with E-state index < -0.39 is 5.97 Å². The van der Waals surface area contributed by atoms with Crippen molar-refractivity contribution in [2.75, 3.05) is 13.2 Å². The first-order valence-corrected chi connectivity index (χ1v) is 9.19. The van der Waals surface area contributed by atoms with Gasteiger partial charge in [0.25, 0.3) is 0 Å². The van der Waals surface area contributed by atoms with Gasteiger partial charge in [0.15, 0.2) is 0 Å². The van der Waals surface area contributed by atoms with Crippen molar-refractivity contribution in [2.24, 2.45) is 11.3 Å². The molecule has 134 valence electrons. The van der Waals surface area contributed by atoms with Crippen LogP contribution < -0.4 is 5.32 Å². The zero-order chi connectivity index (χ0) is 17.4. The topological polar surface area (TPSA) is 88.5 Å². The molecular weight excluding hydrogens is 320 g/mol. The molecule has 6 nitrogen and oxygen atoms in total. The molecule has 0 bridgehead atoms. The first-order valence-electron chi connectivity index (χ1n) is 9.19. The fraction of sp³-hybridized carbons (Fsp3) is 0.632. The molecule has 25 heavy (non-hydrogen) atoms. The summed E-state index contributed by atoms with van der Waals surface area (Å²) in [5, 5.41) is 12.4. The second-order valence-corrected chi connectivity index (χ2v) is 7.54. The molecule has 0 spiro atoms. The van der Waals surface area contributed by atoms with Crippen molar-refractivity contribution < 1.29 is 19.4 Å². The summed E-state index contributed by atoms with van der Waals surface area (Å²) in [6.45, 7) is 1.66. The maximum Gasteiger partial charge on any atom is 0.337 e. The summed E-state index contributed by atoms with van der Waals surface area (Å²) in [5.74, 6) is -0.0777. The third-order valence-electron chi connectivity index (χ3n) is 5.80. The van der Waals surface area contributed by atoms with Crippen LogP contribution in [-0.2, 0) is 16.1 Å². The summed E-state index contributed by atoms with van der Waals surface area (Å²) < 4.78 is 5.45. The zero-order valence-corrected chi connectivity index (χ0v) is 14.3. The van der Waals surface area contributed by atoms with Crippen molar-refractivity contribution >= 4 is 11.9 Å². The molecule has 0 atom stereocenters. The number of pyridine rings is 1. The predicted octanol–water partition coefficient (Wildman–Crippen LogP) is 2.48. The first kappa shape index (κ1) is 16.5. The third kappa shape index (κ3) is 3.27. The van der Waals surface area contributed by atoms with E-state index >= 15 is 0 Å². The van der Waals surface area contributed by atoms with Crippen molar-refractivity contribution in [2.45, 2.75) is 51.0 Å². The van der Waals surface area contributed by atoms with Crippen LogP contribution in [-0.4, -0.2) is 35.2 Å². The van der Waals surface area contributed by atoms with E-state index in [1.54, 1.807) is 12.1 Å². The normalized spacial score (nSPS) is 22.4. The number of carbonyl (C=O) groups excluding carboxylic acids is 1. The highest BCUT2D eigenvalue weighted by atomic mass is 16.5. The van der Waals surface area contributed by atoms with Gasteiger partial charge in [0.1, 0.15) is 0 Å². The summed E-state index contributed by atoms with van der Waals surface area (Å²) in [6, 6.07) is 3.33. The van der Waals surface area contributed by atoms with Gasteiger partial charge in [0.2, 0.25) is 5.91 Å². The lowest BCUT2D eigenvalue weighted by molar-refractivity contribution is -0.138. The summed E-state index contributed by atoms with van der Waals surface area (Å²) in [5.41, 5.74) is 1.41. The molecule has 3 aliphatic rings. The minimum absolute atomic E-state index is 0.107. The van der Waals surface area contributed by atoms with Crippen LogP contribution in [0.1, 0.15) is 66.2 Å². The highest BCUT2D eigenvalue weighted by Gasteiger charge is 2.51. The molecule has 1 saturated heterocycles. The molecule has 2 N–H and O–H groups in total. The maximum absolute atomic E-state index is 12.9. The van der Waals surface area contributed by atoms with E-state index in [0.717, 1.165) is 44.2 Å². The number of amides is 1. The third-order valence-corrected chi connectivity index (χ3v) is 5.80. The quantitative estimate of drug-likeness (QED) is 0.828. The van der Waals surface area contributed by atoms with Gasteiger partial charge in [-0.05, 0) is 56.6 Å². The number of aromatic carboxylic acids is 1. The number of carbonyl (C=O) groups is 2. The molecule has 0 aromatic carbocycles. The standard InChI is InChI=1S/C19H24N2O4/c22-17(23)15-6-5-14(21-16(15)12-1-2-12)11-20-18(24)19(13-3-4-13)7-9-25-10-8-19/h5-6,12-13H,1-4,7-11H2,(H,20,24)(H,22,23). The minimum atomic E-state index is -0.931. The number of aromatic nitrogens is 1. The Labute approximate surface area is 147 Å². The lowest BCUT2D eigenvalue weighted by atomic mass is 9.75. The fourth-order valence-electron chi connectivity index (χ4n) is 4.00. The maximum atomic E-state index is 12.9. The van der Waals surface area contributed by atoms with Crippen molar-refractivity contribution in [3.63, 3.8) is 0 Å². The monoisotopic (exact) mass is 344 g/mol. The van der Waals surface area contributed by atoms with Crippen LogP contribution in [0.4, 0.5) is 0 Å². The summed E-state index contributed by atoms with van der Waals surface area (Å²) in [7, 11) is 0. The predicted molar refractivity (Wildman–Crippen MR) is 90.2 cm³/mol. The zero-order valence-electron chi connectivity index (χ0n) is 14.3. The molecule has 3 fully saturated rings. The van der Waals surface area contributed by atoms with Gasteiger partial charge in [-0.25, -0.2) is 4.79 Å². The lowest BCUT2D eigenvalue weighted by Gasteiger charge is -2.36. The van der Waals surface area contributed by atoms with Crippen LogP contribution in [0.25, 0.3) is 0 Å². The number of nitrogens with zero attached hydrogens (tertiary/aromatic N) is 1. The first-order chi connectivity index (χ1) is 12.1. The van der Waals surface area contributed by atoms with Gasteiger partial charge in [-0.1, -0.05) is 0 Å². The number of ether oxygens (including phenoxy) is 1. The number of carboxylic acid groups (broad SMARTS) is 1. The summed E-state index contributed by atoms with van der Waals surface area (Å²) >= 11 is 0. The molecule has 1 amide bonds. The van der Waals surface area contributed by atoms with Crippen LogP contribution in [0.15, 0.2) is 12.1 Å². The second-order valence-electron chi connectivity index (χ2n) is 7.54. The number of hydrogen-bond acceptors (Lipinski definition) is 4. The second kappa shape index (κ2) is 6.41. The van der Waals surface area contributed by atoms with Gasteiger partial charge < -0.3 is 15.2 Å². The van der Waals surface area contributed by atoms with Crippen LogP contribution in [0.2, 0.25) is 0 Å². The largest absolute Gasteiger partial charge is 0.478 e. The van der Waals surface area contributed by atoms with E-state index in [2.05, 4.69) is 10.3 Å². The Balaban J connectivity index is 1.46. The van der Waals surface area contributed by atoms with E-state index in [1.165, 1.54) is 0 Å². The van der Waals surface area contributed by atoms with Gasteiger partial charge in [-0.3, -0.25) is 9.78 Å². The van der Waals surface area contributed by atoms with Crippen molar-refractivity contribution in [3.8, 4) is 0 Å². The number of rotatable bonds is 6. The van der Waals surface area contributed by atoms with Gasteiger partial charge >= 0.3 is 5.97 Å². The Morgan fingerprint density at radius 2 is 1.92 bits per heavy atom. The number of hydrogen-bond donors (Lipinski definition) is 2. The SMILES string of the molecule is O=C(O)c1ccc(CNC(=O)C2(C3CC3)CCOCC2)nc1C1CC1. The van der Waals surface area contributed by atoms with Crippen molar-refractivity contribution in [3.05, 3.63) is 29.1 Å². The highest BCUT2D eigenvalue weighted by Crippen LogP contribution is 2.51. The number of nitrogens with one attached hydrogen (secondary N) is 1. The molecule has 4 rings (SSSR count). The molecule has 2 saturated carbocycles. The Bertz CT molecular complexity index is 689.